The lowest BCUT2D eigenvalue weighted by Crippen LogP contribution is -2.43. The molecule has 0 saturated carbocycles. The van der Waals surface area contributed by atoms with Crippen LogP contribution in [0.3, 0.4) is 0 Å². The van der Waals surface area contributed by atoms with E-state index in [9.17, 15) is 13.9 Å². The lowest BCUT2D eigenvalue weighted by atomic mass is 9.95. The number of terminal acetylenes is 1. The summed E-state index contributed by atoms with van der Waals surface area (Å²) in [5, 5.41) is 11.5. The van der Waals surface area contributed by atoms with Gasteiger partial charge in [-0.2, -0.15) is 9.97 Å². The number of benzene rings is 2. The van der Waals surface area contributed by atoms with E-state index in [1.54, 1.807) is 0 Å². The van der Waals surface area contributed by atoms with Crippen molar-refractivity contribution in [1.29, 1.82) is 0 Å². The van der Waals surface area contributed by atoms with Crippen LogP contribution in [0.25, 0.3) is 32.9 Å². The molecule has 8 rings (SSSR count). The summed E-state index contributed by atoms with van der Waals surface area (Å²) in [6.07, 6.45) is 12.8. The molecule has 45 heavy (non-hydrogen) atoms. The molecule has 1 N–H and O–H groups in total. The van der Waals surface area contributed by atoms with E-state index in [0.717, 1.165) is 32.2 Å². The number of nitrogens with zero attached hydrogens (tertiary/aromatic N) is 5. The molecule has 2 fully saturated rings. The Bertz CT molecular complexity index is 1950. The van der Waals surface area contributed by atoms with Crippen LogP contribution in [0.2, 0.25) is 0 Å². The molecule has 230 valence electrons. The number of hydrogen-bond donors (Lipinski definition) is 1. The second kappa shape index (κ2) is 10.5. The Labute approximate surface area is 257 Å². The zero-order valence-electron chi connectivity index (χ0n) is 24.4. The van der Waals surface area contributed by atoms with Crippen molar-refractivity contribution in [3.05, 3.63) is 53.6 Å². The molecular weight excluding hydrogens is 583 g/mol. The van der Waals surface area contributed by atoms with Crippen LogP contribution in [-0.2, 0) is 0 Å². The maximum atomic E-state index is 16.9. The largest absolute Gasteiger partial charge is 0.508 e. The minimum Gasteiger partial charge on any atom is -0.508 e. The van der Waals surface area contributed by atoms with E-state index in [0.29, 0.717) is 36.1 Å². The van der Waals surface area contributed by atoms with E-state index in [-0.39, 0.29) is 64.6 Å². The Morgan fingerprint density at radius 1 is 1.13 bits per heavy atom. The highest BCUT2D eigenvalue weighted by atomic mass is 19.1. The van der Waals surface area contributed by atoms with Crippen molar-refractivity contribution in [2.75, 3.05) is 37.7 Å². The number of phenols is 1. The SMILES string of the molecule is C#Cc1c(F)ccc2cc(O)cc(-c3nc4c5c(nc(OC[C@@]67CCCN6C[C@H](F)C7)nc5c3F)N3CCCC=C[C@H]3CO4)c12. The van der Waals surface area contributed by atoms with E-state index in [1.165, 1.54) is 24.3 Å². The molecule has 6 heterocycles. The van der Waals surface area contributed by atoms with E-state index in [4.69, 9.17) is 20.9 Å². The Hall–Kier alpha value is -4.56. The third kappa shape index (κ3) is 4.45. The normalized spacial score (nSPS) is 24.2. The molecule has 0 amide bonds. The van der Waals surface area contributed by atoms with Gasteiger partial charge in [0.1, 0.15) is 53.4 Å². The minimum atomic E-state index is -0.929. The molecule has 4 aliphatic rings. The molecule has 4 aliphatic heterocycles. The first-order valence-electron chi connectivity index (χ1n) is 15.3. The van der Waals surface area contributed by atoms with Crippen LogP contribution >= 0.6 is 0 Å². The summed E-state index contributed by atoms with van der Waals surface area (Å²) in [5.74, 6) is 1.26. The molecule has 8 nitrogen and oxygen atoms in total. The van der Waals surface area contributed by atoms with Crippen molar-refractivity contribution in [1.82, 2.24) is 19.9 Å². The minimum absolute atomic E-state index is 0.0342. The standard InChI is InChI=1S/C34H30F3N5O3/c1-2-23-25(36)9-8-19-13-22(43)14-24(26(19)23)29-28(37)30-27-31(42-12-5-3-4-7-21(42)17-44-32(27)38-29)40-33(39-30)45-18-34-10-6-11-41(34)16-20(35)15-34/h1,4,7-9,13-14,20-21,43H,3,5-6,10-12,15-18H2/t20-,21+,34+/m1/s1. The maximum Gasteiger partial charge on any atom is 0.319 e. The predicted molar refractivity (Wildman–Crippen MR) is 163 cm³/mol. The summed E-state index contributed by atoms with van der Waals surface area (Å²) in [6, 6.07) is 5.18. The number of rotatable bonds is 4. The van der Waals surface area contributed by atoms with Gasteiger partial charge >= 0.3 is 6.01 Å². The third-order valence-corrected chi connectivity index (χ3v) is 9.59. The molecule has 0 spiro atoms. The smallest absolute Gasteiger partial charge is 0.319 e. The van der Waals surface area contributed by atoms with Gasteiger partial charge in [-0.1, -0.05) is 24.1 Å². The van der Waals surface area contributed by atoms with E-state index in [2.05, 4.69) is 31.8 Å². The number of anilines is 1. The highest BCUT2D eigenvalue weighted by Crippen LogP contribution is 2.44. The molecule has 11 heteroatoms. The van der Waals surface area contributed by atoms with Crippen LogP contribution in [0.1, 0.15) is 37.7 Å². The van der Waals surface area contributed by atoms with Crippen molar-refractivity contribution in [3.8, 4) is 41.2 Å². The second-order valence-electron chi connectivity index (χ2n) is 12.3. The van der Waals surface area contributed by atoms with Crippen LogP contribution < -0.4 is 14.4 Å². The van der Waals surface area contributed by atoms with Gasteiger partial charge in [-0.3, -0.25) is 4.90 Å². The van der Waals surface area contributed by atoms with Crippen molar-refractivity contribution >= 4 is 27.5 Å². The van der Waals surface area contributed by atoms with Crippen molar-refractivity contribution in [2.24, 2.45) is 0 Å². The topological polar surface area (TPSA) is 83.8 Å². The van der Waals surface area contributed by atoms with Gasteiger partial charge in [0.05, 0.1) is 17.1 Å². The molecule has 2 aromatic heterocycles. The second-order valence-corrected chi connectivity index (χ2v) is 12.3. The van der Waals surface area contributed by atoms with Gasteiger partial charge in [0, 0.05) is 30.5 Å². The van der Waals surface area contributed by atoms with Crippen molar-refractivity contribution < 1.29 is 27.8 Å². The molecular formula is C34H30F3N5O3. The first-order chi connectivity index (χ1) is 21.8. The van der Waals surface area contributed by atoms with Gasteiger partial charge < -0.3 is 19.5 Å². The Balaban J connectivity index is 1.34. The van der Waals surface area contributed by atoms with E-state index < -0.39 is 23.3 Å². The predicted octanol–water partition coefficient (Wildman–Crippen LogP) is 5.68. The molecule has 0 unspecified atom stereocenters. The highest BCUT2D eigenvalue weighted by Gasteiger charge is 2.49. The van der Waals surface area contributed by atoms with Crippen LogP contribution in [0.4, 0.5) is 19.0 Å². The van der Waals surface area contributed by atoms with Crippen LogP contribution in [0, 0.1) is 24.0 Å². The number of phenolic OH excluding ortho intramolecular Hbond substituents is 1. The van der Waals surface area contributed by atoms with Gasteiger partial charge in [0.15, 0.2) is 5.82 Å². The fourth-order valence-corrected chi connectivity index (χ4v) is 7.53. The summed E-state index contributed by atoms with van der Waals surface area (Å²) in [7, 11) is 0. The molecule has 0 radical (unpaired) electrons. The van der Waals surface area contributed by atoms with Crippen LogP contribution in [-0.4, -0.2) is 75.6 Å². The number of hydrogen-bond acceptors (Lipinski definition) is 8. The Morgan fingerprint density at radius 2 is 2.02 bits per heavy atom. The average Bonchev–Trinajstić information content (AvgIpc) is 3.38. The lowest BCUT2D eigenvalue weighted by Gasteiger charge is -2.31. The zero-order chi connectivity index (χ0) is 30.9. The summed E-state index contributed by atoms with van der Waals surface area (Å²) in [5.41, 5.74) is -0.732. The monoisotopic (exact) mass is 613 g/mol. The van der Waals surface area contributed by atoms with Crippen molar-refractivity contribution in [3.63, 3.8) is 0 Å². The fraction of sp³-hybridized carbons (Fsp3) is 0.382. The number of aromatic nitrogens is 3. The molecule has 2 saturated heterocycles. The van der Waals surface area contributed by atoms with Crippen LogP contribution in [0.15, 0.2) is 36.4 Å². The van der Waals surface area contributed by atoms with Gasteiger partial charge in [-0.05, 0) is 55.8 Å². The highest BCUT2D eigenvalue weighted by molar-refractivity contribution is 6.04. The molecule has 2 aromatic carbocycles. The van der Waals surface area contributed by atoms with E-state index in [1.807, 2.05) is 6.08 Å². The summed E-state index contributed by atoms with van der Waals surface area (Å²) in [6.45, 7) is 2.21. The molecule has 4 aromatic rings. The van der Waals surface area contributed by atoms with Gasteiger partial charge in [-0.25, -0.2) is 18.2 Å². The number of allylic oxidation sites excluding steroid dienone is 1. The molecule has 0 aliphatic carbocycles. The van der Waals surface area contributed by atoms with Gasteiger partial charge in [0.25, 0.3) is 0 Å². The number of halogens is 3. The Morgan fingerprint density at radius 3 is 2.89 bits per heavy atom. The quantitative estimate of drug-likeness (QED) is 0.233. The van der Waals surface area contributed by atoms with Crippen LogP contribution in [0.5, 0.6) is 17.6 Å². The van der Waals surface area contributed by atoms with E-state index >= 15 is 4.39 Å². The van der Waals surface area contributed by atoms with Crippen molar-refractivity contribution in [2.45, 2.75) is 49.9 Å². The maximum absolute atomic E-state index is 16.9. The summed E-state index contributed by atoms with van der Waals surface area (Å²) in [4.78, 5) is 18.2. The number of alkyl halides is 1. The molecule has 3 atom stereocenters. The zero-order valence-corrected chi connectivity index (χ0v) is 24.4. The number of ether oxygens (including phenoxy) is 2. The number of fused-ring (bicyclic) bond motifs is 4. The third-order valence-electron chi connectivity index (χ3n) is 9.59. The molecule has 0 bridgehead atoms. The fourth-order valence-electron chi connectivity index (χ4n) is 7.53. The lowest BCUT2D eigenvalue weighted by molar-refractivity contribution is 0.107. The Kier molecular flexibility index (Phi) is 6.53. The summed E-state index contributed by atoms with van der Waals surface area (Å²) < 4.78 is 58.7. The number of pyridine rings is 1. The first kappa shape index (κ1) is 28.0. The number of aromatic hydroxyl groups is 1. The first-order valence-corrected chi connectivity index (χ1v) is 15.3. The average molecular weight is 614 g/mol. The van der Waals surface area contributed by atoms with Gasteiger partial charge in [-0.15, -0.1) is 6.42 Å². The summed E-state index contributed by atoms with van der Waals surface area (Å²) >= 11 is 0. The van der Waals surface area contributed by atoms with Gasteiger partial charge in [0.2, 0.25) is 5.88 Å².